The first-order valence-corrected chi connectivity index (χ1v) is 8.30. The first-order chi connectivity index (χ1) is 9.63. The molecule has 0 aromatic heterocycles. The predicted octanol–water partition coefficient (Wildman–Crippen LogP) is 3.73. The van der Waals surface area contributed by atoms with Crippen LogP contribution in [0, 0.1) is 0 Å². The SMILES string of the molecule is CCCNC(C)c1ccc(N2CCOCC2C)cc1Br. The monoisotopic (exact) mass is 340 g/mol. The second kappa shape index (κ2) is 7.43. The largest absolute Gasteiger partial charge is 0.377 e. The molecule has 1 aliphatic rings. The molecule has 20 heavy (non-hydrogen) atoms. The van der Waals surface area contributed by atoms with Crippen LogP contribution in [0.1, 0.15) is 38.8 Å². The number of benzene rings is 1. The maximum Gasteiger partial charge on any atom is 0.0668 e. The molecular formula is C16H25BrN2O. The average Bonchev–Trinajstić information content (AvgIpc) is 2.45. The summed E-state index contributed by atoms with van der Waals surface area (Å²) in [6, 6.07) is 7.51. The van der Waals surface area contributed by atoms with Crippen molar-refractivity contribution in [3.05, 3.63) is 28.2 Å². The van der Waals surface area contributed by atoms with Crippen molar-refractivity contribution in [2.24, 2.45) is 0 Å². The van der Waals surface area contributed by atoms with Gasteiger partial charge in [0.1, 0.15) is 0 Å². The molecule has 1 saturated heterocycles. The summed E-state index contributed by atoms with van der Waals surface area (Å²) in [6.45, 7) is 10.3. The summed E-state index contributed by atoms with van der Waals surface area (Å²) in [4.78, 5) is 2.42. The molecule has 3 nitrogen and oxygen atoms in total. The van der Waals surface area contributed by atoms with Crippen LogP contribution in [-0.2, 0) is 4.74 Å². The molecule has 1 aromatic carbocycles. The van der Waals surface area contributed by atoms with Gasteiger partial charge in [0.05, 0.1) is 13.2 Å². The highest BCUT2D eigenvalue weighted by Crippen LogP contribution is 2.29. The Hall–Kier alpha value is -0.580. The van der Waals surface area contributed by atoms with Crippen molar-refractivity contribution < 1.29 is 4.74 Å². The minimum absolute atomic E-state index is 0.375. The Morgan fingerprint density at radius 2 is 2.30 bits per heavy atom. The smallest absolute Gasteiger partial charge is 0.0668 e. The van der Waals surface area contributed by atoms with E-state index in [0.29, 0.717) is 12.1 Å². The van der Waals surface area contributed by atoms with Crippen LogP contribution >= 0.6 is 15.9 Å². The van der Waals surface area contributed by atoms with E-state index in [1.807, 2.05) is 0 Å². The Kier molecular flexibility index (Phi) is 5.87. The summed E-state index contributed by atoms with van der Waals surface area (Å²) >= 11 is 3.73. The van der Waals surface area contributed by atoms with E-state index in [0.717, 1.165) is 32.7 Å². The van der Waals surface area contributed by atoms with Gasteiger partial charge in [-0.15, -0.1) is 0 Å². The lowest BCUT2D eigenvalue weighted by Crippen LogP contribution is -2.43. The molecule has 1 aliphatic heterocycles. The third kappa shape index (κ3) is 3.74. The molecule has 4 heteroatoms. The first-order valence-electron chi connectivity index (χ1n) is 7.50. The Morgan fingerprint density at radius 3 is 2.95 bits per heavy atom. The van der Waals surface area contributed by atoms with E-state index < -0.39 is 0 Å². The lowest BCUT2D eigenvalue weighted by molar-refractivity contribution is 0.0989. The van der Waals surface area contributed by atoms with Gasteiger partial charge < -0.3 is 15.0 Å². The van der Waals surface area contributed by atoms with Gasteiger partial charge in [0.25, 0.3) is 0 Å². The highest BCUT2D eigenvalue weighted by Gasteiger charge is 2.20. The molecular weight excluding hydrogens is 316 g/mol. The van der Waals surface area contributed by atoms with Gasteiger partial charge in [0.2, 0.25) is 0 Å². The van der Waals surface area contributed by atoms with E-state index in [1.165, 1.54) is 15.7 Å². The summed E-state index contributed by atoms with van der Waals surface area (Å²) in [6.07, 6.45) is 1.16. The van der Waals surface area contributed by atoms with Gasteiger partial charge in [-0.25, -0.2) is 0 Å². The number of anilines is 1. The van der Waals surface area contributed by atoms with Crippen molar-refractivity contribution in [1.29, 1.82) is 0 Å². The zero-order valence-corrected chi connectivity index (χ0v) is 14.2. The van der Waals surface area contributed by atoms with Crippen molar-refractivity contribution in [3.8, 4) is 0 Å². The third-order valence-corrected chi connectivity index (χ3v) is 4.54. The molecule has 0 bridgehead atoms. The number of hydrogen-bond donors (Lipinski definition) is 1. The molecule has 2 atom stereocenters. The van der Waals surface area contributed by atoms with Gasteiger partial charge in [-0.2, -0.15) is 0 Å². The zero-order chi connectivity index (χ0) is 14.5. The van der Waals surface area contributed by atoms with Crippen LogP contribution in [0.5, 0.6) is 0 Å². The van der Waals surface area contributed by atoms with Crippen LogP contribution in [0.25, 0.3) is 0 Å². The third-order valence-electron chi connectivity index (χ3n) is 3.85. The summed E-state index contributed by atoms with van der Waals surface area (Å²) in [5.74, 6) is 0. The van der Waals surface area contributed by atoms with E-state index in [2.05, 4.69) is 65.1 Å². The molecule has 0 amide bonds. The molecule has 0 aliphatic carbocycles. The van der Waals surface area contributed by atoms with Gasteiger partial charge >= 0.3 is 0 Å². The van der Waals surface area contributed by atoms with Crippen LogP contribution < -0.4 is 10.2 Å². The fourth-order valence-electron chi connectivity index (χ4n) is 2.63. The van der Waals surface area contributed by atoms with Crippen molar-refractivity contribution in [2.45, 2.75) is 39.3 Å². The van der Waals surface area contributed by atoms with Crippen LogP contribution in [0.2, 0.25) is 0 Å². The fraction of sp³-hybridized carbons (Fsp3) is 0.625. The molecule has 0 spiro atoms. The number of nitrogens with one attached hydrogen (secondary N) is 1. The minimum Gasteiger partial charge on any atom is -0.377 e. The summed E-state index contributed by atoms with van der Waals surface area (Å²) in [5, 5.41) is 3.53. The standard InChI is InChI=1S/C16H25BrN2O/c1-4-7-18-13(3)15-6-5-14(10-16(15)17)19-8-9-20-11-12(19)2/h5-6,10,12-13,18H,4,7-9,11H2,1-3H3. The van der Waals surface area contributed by atoms with E-state index in [1.54, 1.807) is 0 Å². The molecule has 0 radical (unpaired) electrons. The van der Waals surface area contributed by atoms with Gasteiger partial charge in [-0.1, -0.05) is 28.9 Å². The summed E-state index contributed by atoms with van der Waals surface area (Å²) < 4.78 is 6.69. The fourth-order valence-corrected chi connectivity index (χ4v) is 3.34. The molecule has 1 aromatic rings. The van der Waals surface area contributed by atoms with Gasteiger partial charge in [-0.05, 0) is 44.5 Å². The molecule has 2 unspecified atom stereocenters. The van der Waals surface area contributed by atoms with Crippen molar-refractivity contribution in [2.75, 3.05) is 31.2 Å². The normalized spacial score (nSPS) is 21.0. The maximum absolute atomic E-state index is 5.51. The highest BCUT2D eigenvalue weighted by molar-refractivity contribution is 9.10. The lowest BCUT2D eigenvalue weighted by atomic mass is 10.1. The molecule has 112 valence electrons. The average molecular weight is 341 g/mol. The van der Waals surface area contributed by atoms with E-state index >= 15 is 0 Å². The predicted molar refractivity (Wildman–Crippen MR) is 88.5 cm³/mol. The number of rotatable bonds is 5. The van der Waals surface area contributed by atoms with Crippen LogP contribution in [0.15, 0.2) is 22.7 Å². The number of hydrogen-bond acceptors (Lipinski definition) is 3. The maximum atomic E-state index is 5.51. The van der Waals surface area contributed by atoms with Gasteiger partial charge in [-0.3, -0.25) is 0 Å². The Labute approximate surface area is 130 Å². The van der Waals surface area contributed by atoms with Crippen molar-refractivity contribution >= 4 is 21.6 Å². The molecule has 1 heterocycles. The Balaban J connectivity index is 2.12. The lowest BCUT2D eigenvalue weighted by Gasteiger charge is -2.35. The Morgan fingerprint density at radius 1 is 1.50 bits per heavy atom. The van der Waals surface area contributed by atoms with Gasteiger partial charge in [0.15, 0.2) is 0 Å². The second-order valence-corrected chi connectivity index (χ2v) is 6.35. The second-order valence-electron chi connectivity index (χ2n) is 5.50. The highest BCUT2D eigenvalue weighted by atomic mass is 79.9. The van der Waals surface area contributed by atoms with E-state index in [4.69, 9.17) is 4.74 Å². The summed E-state index contributed by atoms with van der Waals surface area (Å²) in [5.41, 5.74) is 2.60. The van der Waals surface area contributed by atoms with Gasteiger partial charge in [0, 0.05) is 28.8 Å². The molecule has 2 rings (SSSR count). The number of halogens is 1. The first kappa shape index (κ1) is 15.8. The van der Waals surface area contributed by atoms with Crippen molar-refractivity contribution in [3.63, 3.8) is 0 Å². The minimum atomic E-state index is 0.375. The quantitative estimate of drug-likeness (QED) is 0.883. The Bertz CT molecular complexity index is 438. The van der Waals surface area contributed by atoms with Crippen LogP contribution in [0.4, 0.5) is 5.69 Å². The number of nitrogens with zero attached hydrogens (tertiary/aromatic N) is 1. The molecule has 1 fully saturated rings. The van der Waals surface area contributed by atoms with Crippen LogP contribution in [-0.4, -0.2) is 32.3 Å². The number of morpholine rings is 1. The van der Waals surface area contributed by atoms with Crippen molar-refractivity contribution in [1.82, 2.24) is 5.32 Å². The topological polar surface area (TPSA) is 24.5 Å². The van der Waals surface area contributed by atoms with E-state index in [9.17, 15) is 0 Å². The molecule has 1 N–H and O–H groups in total. The summed E-state index contributed by atoms with van der Waals surface area (Å²) in [7, 11) is 0. The van der Waals surface area contributed by atoms with E-state index in [-0.39, 0.29) is 0 Å². The molecule has 0 saturated carbocycles. The zero-order valence-electron chi connectivity index (χ0n) is 12.7. The van der Waals surface area contributed by atoms with Crippen LogP contribution in [0.3, 0.4) is 0 Å². The number of ether oxygens (including phenoxy) is 1.